The Kier molecular flexibility index (Phi) is 2.78. The quantitative estimate of drug-likeness (QED) is 0.723. The van der Waals surface area contributed by atoms with Crippen LogP contribution in [-0.2, 0) is 0 Å². The molecule has 1 saturated heterocycles. The molecule has 0 aliphatic carbocycles. The van der Waals surface area contributed by atoms with Gasteiger partial charge in [0.2, 0.25) is 0 Å². The Morgan fingerprint density at radius 2 is 2.24 bits per heavy atom. The molecule has 1 unspecified atom stereocenters. The van der Waals surface area contributed by atoms with Crippen LogP contribution in [0.3, 0.4) is 0 Å². The van der Waals surface area contributed by atoms with Crippen LogP contribution in [0.1, 0.15) is 17.4 Å². The molecule has 2 heterocycles. The second kappa shape index (κ2) is 4.29. The highest BCUT2D eigenvalue weighted by molar-refractivity contribution is 6.32. The van der Waals surface area contributed by atoms with Gasteiger partial charge in [0.25, 0.3) is 0 Å². The number of benzene rings is 1. The number of H-pyrrole nitrogens is 1. The summed E-state index contributed by atoms with van der Waals surface area (Å²) in [6.07, 6.45) is 0. The van der Waals surface area contributed by atoms with Crippen LogP contribution in [0.15, 0.2) is 12.1 Å². The minimum absolute atomic E-state index is 0.259. The first-order chi connectivity index (χ1) is 8.24. The van der Waals surface area contributed by atoms with Crippen molar-refractivity contribution in [2.45, 2.75) is 13.0 Å². The van der Waals surface area contributed by atoms with Crippen molar-refractivity contribution < 1.29 is 0 Å². The molecule has 1 fully saturated rings. The van der Waals surface area contributed by atoms with Crippen LogP contribution >= 0.6 is 11.6 Å². The summed E-state index contributed by atoms with van der Waals surface area (Å²) >= 11 is 6.10. The number of hydrogen-bond acceptors (Lipinski definition) is 3. The number of hydrogen-bond donors (Lipinski definition) is 3. The van der Waals surface area contributed by atoms with Crippen LogP contribution in [0.2, 0.25) is 5.02 Å². The molecule has 1 atom stereocenters. The van der Waals surface area contributed by atoms with Crippen molar-refractivity contribution in [3.05, 3.63) is 28.5 Å². The third-order valence-electron chi connectivity index (χ3n) is 3.15. The Labute approximate surface area is 105 Å². The van der Waals surface area contributed by atoms with E-state index < -0.39 is 0 Å². The second-order valence-electron chi connectivity index (χ2n) is 4.45. The summed E-state index contributed by atoms with van der Waals surface area (Å²) in [6.45, 7) is 4.90. The topological polar surface area (TPSA) is 52.7 Å². The molecule has 0 bridgehead atoms. The molecule has 2 aromatic rings. The van der Waals surface area contributed by atoms with Gasteiger partial charge < -0.3 is 15.6 Å². The van der Waals surface area contributed by atoms with Gasteiger partial charge in [0.15, 0.2) is 0 Å². The maximum Gasteiger partial charge on any atom is 0.125 e. The van der Waals surface area contributed by atoms with Gasteiger partial charge in [0, 0.05) is 24.7 Å². The van der Waals surface area contributed by atoms with Gasteiger partial charge in [0.05, 0.1) is 17.1 Å². The normalized spacial score (nSPS) is 20.9. The maximum absolute atomic E-state index is 6.10. The van der Waals surface area contributed by atoms with Gasteiger partial charge in [-0.2, -0.15) is 0 Å². The van der Waals surface area contributed by atoms with Crippen molar-refractivity contribution >= 4 is 22.6 Å². The number of fused-ring (bicyclic) bond motifs is 1. The summed E-state index contributed by atoms with van der Waals surface area (Å²) in [7, 11) is 0. The van der Waals surface area contributed by atoms with Crippen molar-refractivity contribution in [3.63, 3.8) is 0 Å². The Balaban J connectivity index is 2.00. The van der Waals surface area contributed by atoms with Crippen LogP contribution in [0.25, 0.3) is 11.0 Å². The fraction of sp³-hybridized carbons (Fsp3) is 0.417. The molecular formula is C12H15ClN4. The fourth-order valence-electron chi connectivity index (χ4n) is 2.17. The molecule has 0 amide bonds. The van der Waals surface area contributed by atoms with E-state index in [1.54, 1.807) is 0 Å². The van der Waals surface area contributed by atoms with Crippen LogP contribution in [0.5, 0.6) is 0 Å². The first-order valence-corrected chi connectivity index (χ1v) is 6.22. The predicted octanol–water partition coefficient (Wildman–Crippen LogP) is 1.76. The lowest BCUT2D eigenvalue weighted by atomic mass is 10.2. The average molecular weight is 251 g/mol. The number of aromatic amines is 1. The van der Waals surface area contributed by atoms with E-state index in [0.29, 0.717) is 0 Å². The predicted molar refractivity (Wildman–Crippen MR) is 69.5 cm³/mol. The summed E-state index contributed by atoms with van der Waals surface area (Å²) in [5.74, 6) is 0.980. The third kappa shape index (κ3) is 2.04. The lowest BCUT2D eigenvalue weighted by Crippen LogP contribution is -2.43. The molecule has 17 heavy (non-hydrogen) atoms. The Hall–Kier alpha value is -1.10. The molecular weight excluding hydrogens is 236 g/mol. The van der Waals surface area contributed by atoms with E-state index in [9.17, 15) is 0 Å². The average Bonchev–Trinajstić information content (AvgIpc) is 2.74. The number of rotatable bonds is 1. The molecule has 1 aromatic carbocycles. The molecule has 1 aromatic heterocycles. The zero-order chi connectivity index (χ0) is 11.8. The number of imidazole rings is 1. The monoisotopic (exact) mass is 250 g/mol. The summed E-state index contributed by atoms with van der Waals surface area (Å²) in [5, 5.41) is 7.56. The van der Waals surface area contributed by atoms with Crippen LogP contribution in [0, 0.1) is 6.92 Å². The van der Waals surface area contributed by atoms with Crippen molar-refractivity contribution in [2.75, 3.05) is 19.6 Å². The van der Waals surface area contributed by atoms with E-state index in [1.165, 1.54) is 0 Å². The number of nitrogens with one attached hydrogen (secondary N) is 3. The van der Waals surface area contributed by atoms with Crippen molar-refractivity contribution in [2.24, 2.45) is 0 Å². The Bertz CT molecular complexity index is 504. The van der Waals surface area contributed by atoms with Gasteiger partial charge in [-0.25, -0.2) is 4.98 Å². The maximum atomic E-state index is 6.10. The number of piperazine rings is 1. The van der Waals surface area contributed by atoms with Gasteiger partial charge in [0.1, 0.15) is 5.82 Å². The summed E-state index contributed by atoms with van der Waals surface area (Å²) < 4.78 is 0. The molecule has 3 rings (SSSR count). The number of aryl methyl sites for hydroxylation is 1. The molecule has 1 aliphatic heterocycles. The first kappa shape index (κ1) is 11.0. The van der Waals surface area contributed by atoms with Gasteiger partial charge in [-0.1, -0.05) is 11.6 Å². The number of nitrogens with zero attached hydrogens (tertiary/aromatic N) is 1. The largest absolute Gasteiger partial charge is 0.341 e. The molecule has 0 radical (unpaired) electrons. The summed E-state index contributed by atoms with van der Waals surface area (Å²) in [5.41, 5.74) is 3.06. The lowest BCUT2D eigenvalue weighted by Gasteiger charge is -2.22. The summed E-state index contributed by atoms with van der Waals surface area (Å²) in [6, 6.07) is 4.22. The SMILES string of the molecule is Cc1cc2[nH]c(C3CNCCN3)nc2cc1Cl. The Morgan fingerprint density at radius 1 is 1.35 bits per heavy atom. The standard InChI is InChI=1S/C12H15ClN4/c1-7-4-9-10(5-8(7)13)17-12(16-9)11-6-14-2-3-15-11/h4-5,11,14-15H,2-3,6H2,1H3,(H,16,17). The number of halogens is 1. The zero-order valence-electron chi connectivity index (χ0n) is 9.68. The fourth-order valence-corrected chi connectivity index (χ4v) is 2.33. The van der Waals surface area contributed by atoms with E-state index in [1.807, 2.05) is 19.1 Å². The molecule has 0 saturated carbocycles. The minimum Gasteiger partial charge on any atom is -0.341 e. The van der Waals surface area contributed by atoms with E-state index in [0.717, 1.165) is 47.1 Å². The van der Waals surface area contributed by atoms with Crippen molar-refractivity contribution in [1.29, 1.82) is 0 Å². The van der Waals surface area contributed by atoms with E-state index in [-0.39, 0.29) is 6.04 Å². The molecule has 0 spiro atoms. The highest BCUT2D eigenvalue weighted by Gasteiger charge is 2.18. The molecule has 5 heteroatoms. The second-order valence-corrected chi connectivity index (χ2v) is 4.86. The lowest BCUT2D eigenvalue weighted by molar-refractivity contribution is 0.418. The van der Waals surface area contributed by atoms with E-state index >= 15 is 0 Å². The first-order valence-electron chi connectivity index (χ1n) is 5.84. The third-order valence-corrected chi connectivity index (χ3v) is 3.56. The number of aromatic nitrogens is 2. The highest BCUT2D eigenvalue weighted by atomic mass is 35.5. The van der Waals surface area contributed by atoms with Crippen LogP contribution in [-0.4, -0.2) is 29.6 Å². The smallest absolute Gasteiger partial charge is 0.125 e. The van der Waals surface area contributed by atoms with Crippen molar-refractivity contribution in [3.8, 4) is 0 Å². The highest BCUT2D eigenvalue weighted by Crippen LogP contribution is 2.23. The van der Waals surface area contributed by atoms with E-state index in [2.05, 4.69) is 20.6 Å². The minimum atomic E-state index is 0.259. The van der Waals surface area contributed by atoms with Gasteiger partial charge >= 0.3 is 0 Å². The molecule has 4 nitrogen and oxygen atoms in total. The molecule has 3 N–H and O–H groups in total. The van der Waals surface area contributed by atoms with Crippen molar-refractivity contribution in [1.82, 2.24) is 20.6 Å². The zero-order valence-corrected chi connectivity index (χ0v) is 10.4. The van der Waals surface area contributed by atoms with Crippen LogP contribution < -0.4 is 10.6 Å². The molecule has 90 valence electrons. The Morgan fingerprint density at radius 3 is 3.00 bits per heavy atom. The van der Waals surface area contributed by atoms with E-state index in [4.69, 9.17) is 11.6 Å². The molecule has 1 aliphatic rings. The van der Waals surface area contributed by atoms with Gasteiger partial charge in [-0.3, -0.25) is 0 Å². The summed E-state index contributed by atoms with van der Waals surface area (Å²) in [4.78, 5) is 7.96. The van der Waals surface area contributed by atoms with Crippen LogP contribution in [0.4, 0.5) is 0 Å². The van der Waals surface area contributed by atoms with Gasteiger partial charge in [-0.15, -0.1) is 0 Å². The van der Waals surface area contributed by atoms with Gasteiger partial charge in [-0.05, 0) is 24.6 Å².